The monoisotopic (exact) mass is 328 g/mol. The van der Waals surface area contributed by atoms with Gasteiger partial charge < -0.3 is 0 Å². The number of rotatable bonds is 3. The van der Waals surface area contributed by atoms with E-state index in [1.165, 1.54) is 16.2 Å². The van der Waals surface area contributed by atoms with Crippen molar-refractivity contribution in [2.24, 2.45) is 0 Å². The van der Waals surface area contributed by atoms with E-state index in [2.05, 4.69) is 22.9 Å². The molecule has 0 atom stereocenters. The molecule has 4 heteroatoms. The van der Waals surface area contributed by atoms with Crippen LogP contribution in [-0.4, -0.2) is 5.78 Å². The molecule has 88 valence electrons. The van der Waals surface area contributed by atoms with Crippen LogP contribution in [0.5, 0.6) is 0 Å². The van der Waals surface area contributed by atoms with Crippen molar-refractivity contribution in [2.75, 3.05) is 0 Å². The fraction of sp³-hybridized carbons (Fsp3) is 0.154. The predicted molar refractivity (Wildman–Crippen MR) is 76.3 cm³/mol. The summed E-state index contributed by atoms with van der Waals surface area (Å²) >= 11 is 10.8. The Morgan fingerprint density at radius 1 is 1.35 bits per heavy atom. The summed E-state index contributed by atoms with van der Waals surface area (Å²) in [6, 6.07) is 9.12. The third-order valence-corrected chi connectivity index (χ3v) is 4.56. The molecule has 0 radical (unpaired) electrons. The molecule has 2 rings (SSSR count). The number of halogens is 2. The van der Waals surface area contributed by atoms with Crippen molar-refractivity contribution in [1.82, 2.24) is 0 Å². The maximum atomic E-state index is 12.3. The lowest BCUT2D eigenvalue weighted by Gasteiger charge is -2.02. The first-order valence-electron chi connectivity index (χ1n) is 5.20. The van der Waals surface area contributed by atoms with E-state index in [9.17, 15) is 4.79 Å². The number of carbonyl (C=O) groups is 1. The minimum absolute atomic E-state index is 0.0177. The molecule has 0 N–H and O–H groups in total. The lowest BCUT2D eigenvalue weighted by Crippen LogP contribution is -1.99. The topological polar surface area (TPSA) is 17.1 Å². The lowest BCUT2D eigenvalue weighted by molar-refractivity contribution is 0.104. The highest BCUT2D eigenvalue weighted by Crippen LogP contribution is 2.26. The number of ketones is 1. The molecular formula is C13H10BrClOS. The van der Waals surface area contributed by atoms with Crippen LogP contribution in [0.4, 0.5) is 0 Å². The van der Waals surface area contributed by atoms with Gasteiger partial charge in [-0.05, 0) is 36.8 Å². The van der Waals surface area contributed by atoms with Gasteiger partial charge >= 0.3 is 0 Å². The van der Waals surface area contributed by atoms with E-state index in [4.69, 9.17) is 11.6 Å². The molecule has 1 nitrogen and oxygen atoms in total. The molecule has 0 aliphatic carbocycles. The second-order valence-electron chi connectivity index (χ2n) is 3.57. The second-order valence-corrected chi connectivity index (χ2v) is 6.03. The zero-order valence-corrected chi connectivity index (χ0v) is 12.3. The van der Waals surface area contributed by atoms with Crippen LogP contribution in [-0.2, 0) is 6.42 Å². The predicted octanol–water partition coefficient (Wildman–Crippen LogP) is 4.96. The molecule has 1 heterocycles. The smallest absolute Gasteiger partial charge is 0.204 e. The van der Waals surface area contributed by atoms with E-state index >= 15 is 0 Å². The van der Waals surface area contributed by atoms with Crippen LogP contribution >= 0.6 is 38.9 Å². The SMILES string of the molecule is CCc1ccc(C(=O)c2cc(Cl)ccc2Br)s1. The van der Waals surface area contributed by atoms with Crippen molar-refractivity contribution in [3.05, 3.63) is 55.1 Å². The van der Waals surface area contributed by atoms with Gasteiger partial charge in [-0.2, -0.15) is 0 Å². The van der Waals surface area contributed by atoms with Gasteiger partial charge in [0.1, 0.15) is 0 Å². The molecule has 0 fully saturated rings. The minimum Gasteiger partial charge on any atom is -0.288 e. The molecule has 0 unspecified atom stereocenters. The first-order chi connectivity index (χ1) is 8.11. The Morgan fingerprint density at radius 2 is 2.12 bits per heavy atom. The van der Waals surface area contributed by atoms with Crippen LogP contribution in [0.1, 0.15) is 27.0 Å². The van der Waals surface area contributed by atoms with E-state index in [1.54, 1.807) is 18.2 Å². The summed E-state index contributed by atoms with van der Waals surface area (Å²) in [5.41, 5.74) is 0.613. The van der Waals surface area contributed by atoms with Gasteiger partial charge in [-0.1, -0.05) is 34.5 Å². The Hall–Kier alpha value is -0.640. The van der Waals surface area contributed by atoms with Gasteiger partial charge in [0.25, 0.3) is 0 Å². The Morgan fingerprint density at radius 3 is 2.76 bits per heavy atom. The maximum Gasteiger partial charge on any atom is 0.204 e. The van der Waals surface area contributed by atoms with Crippen LogP contribution in [0, 0.1) is 0 Å². The Balaban J connectivity index is 2.39. The molecular weight excluding hydrogens is 320 g/mol. The van der Waals surface area contributed by atoms with E-state index < -0.39 is 0 Å². The standard InChI is InChI=1S/C13H10BrClOS/c1-2-9-4-6-12(17-9)13(16)10-7-8(15)3-5-11(10)14/h3-7H,2H2,1H3. The normalized spacial score (nSPS) is 10.5. The third-order valence-electron chi connectivity index (χ3n) is 2.41. The average Bonchev–Trinajstić information content (AvgIpc) is 2.80. The van der Waals surface area contributed by atoms with Gasteiger partial charge in [0.05, 0.1) is 4.88 Å². The van der Waals surface area contributed by atoms with Gasteiger partial charge in [-0.15, -0.1) is 11.3 Å². The quantitative estimate of drug-likeness (QED) is 0.728. The van der Waals surface area contributed by atoms with Gasteiger partial charge in [0, 0.05) is 19.9 Å². The van der Waals surface area contributed by atoms with Gasteiger partial charge in [0.15, 0.2) is 0 Å². The van der Waals surface area contributed by atoms with E-state index in [1.807, 2.05) is 12.1 Å². The minimum atomic E-state index is 0.0177. The number of benzene rings is 1. The second kappa shape index (κ2) is 5.34. The molecule has 0 amide bonds. The maximum absolute atomic E-state index is 12.3. The number of aryl methyl sites for hydroxylation is 1. The largest absolute Gasteiger partial charge is 0.288 e. The molecule has 0 aliphatic heterocycles. The summed E-state index contributed by atoms with van der Waals surface area (Å²) in [6.45, 7) is 2.08. The molecule has 2 aromatic rings. The van der Waals surface area contributed by atoms with Gasteiger partial charge in [0.2, 0.25) is 5.78 Å². The zero-order chi connectivity index (χ0) is 12.4. The molecule has 0 spiro atoms. The summed E-state index contributed by atoms with van der Waals surface area (Å²) in [5.74, 6) is 0.0177. The van der Waals surface area contributed by atoms with Crippen LogP contribution < -0.4 is 0 Å². The van der Waals surface area contributed by atoms with Crippen molar-refractivity contribution in [3.63, 3.8) is 0 Å². The number of thiophene rings is 1. The summed E-state index contributed by atoms with van der Waals surface area (Å²) in [5, 5.41) is 0.573. The Labute approximate surface area is 118 Å². The highest BCUT2D eigenvalue weighted by Gasteiger charge is 2.15. The van der Waals surface area contributed by atoms with Gasteiger partial charge in [-0.25, -0.2) is 0 Å². The van der Waals surface area contributed by atoms with Crippen molar-refractivity contribution < 1.29 is 4.79 Å². The molecule has 1 aromatic heterocycles. The molecule has 0 bridgehead atoms. The van der Waals surface area contributed by atoms with Gasteiger partial charge in [-0.3, -0.25) is 4.79 Å². The van der Waals surface area contributed by atoms with Crippen molar-refractivity contribution >= 4 is 44.7 Å². The molecule has 0 aliphatic rings. The molecule has 1 aromatic carbocycles. The molecule has 0 saturated heterocycles. The Bertz CT molecular complexity index is 562. The van der Waals surface area contributed by atoms with Crippen LogP contribution in [0.3, 0.4) is 0 Å². The fourth-order valence-corrected chi connectivity index (χ4v) is 2.99. The molecule has 17 heavy (non-hydrogen) atoms. The summed E-state index contributed by atoms with van der Waals surface area (Å²) < 4.78 is 0.776. The number of hydrogen-bond acceptors (Lipinski definition) is 2. The average molecular weight is 330 g/mol. The van der Waals surface area contributed by atoms with Crippen molar-refractivity contribution in [1.29, 1.82) is 0 Å². The van der Waals surface area contributed by atoms with Crippen LogP contribution in [0.25, 0.3) is 0 Å². The van der Waals surface area contributed by atoms with Crippen LogP contribution in [0.2, 0.25) is 5.02 Å². The van der Waals surface area contributed by atoms with Crippen molar-refractivity contribution in [3.8, 4) is 0 Å². The lowest BCUT2D eigenvalue weighted by atomic mass is 10.1. The van der Waals surface area contributed by atoms with E-state index in [0.29, 0.717) is 10.6 Å². The Kier molecular flexibility index (Phi) is 4.02. The number of hydrogen-bond donors (Lipinski definition) is 0. The molecule has 0 saturated carbocycles. The fourth-order valence-electron chi connectivity index (χ4n) is 1.49. The van der Waals surface area contributed by atoms with Crippen molar-refractivity contribution in [2.45, 2.75) is 13.3 Å². The zero-order valence-electron chi connectivity index (χ0n) is 9.17. The first-order valence-corrected chi connectivity index (χ1v) is 7.19. The van der Waals surface area contributed by atoms with E-state index in [0.717, 1.165) is 15.8 Å². The number of carbonyl (C=O) groups excluding carboxylic acids is 1. The highest BCUT2D eigenvalue weighted by atomic mass is 79.9. The summed E-state index contributed by atoms with van der Waals surface area (Å²) in [4.78, 5) is 14.2. The third kappa shape index (κ3) is 2.79. The summed E-state index contributed by atoms with van der Waals surface area (Å²) in [6.07, 6.45) is 0.953. The summed E-state index contributed by atoms with van der Waals surface area (Å²) in [7, 11) is 0. The van der Waals surface area contributed by atoms with E-state index in [-0.39, 0.29) is 5.78 Å². The first kappa shape index (κ1) is 12.8. The highest BCUT2D eigenvalue weighted by molar-refractivity contribution is 9.10. The van der Waals surface area contributed by atoms with Crippen LogP contribution in [0.15, 0.2) is 34.8 Å².